The lowest BCUT2D eigenvalue weighted by Crippen LogP contribution is -2.16. The molecule has 0 heterocycles. The van der Waals surface area contributed by atoms with Crippen LogP contribution in [0, 0.1) is 0 Å². The van der Waals surface area contributed by atoms with Gasteiger partial charge in [-0.05, 0) is 13.3 Å². The Kier molecular flexibility index (Phi) is 8.03. The Morgan fingerprint density at radius 1 is 1.47 bits per heavy atom. The smallest absolute Gasteiger partial charge is 0.460 e. The zero-order valence-corrected chi connectivity index (χ0v) is 10.9. The van der Waals surface area contributed by atoms with Crippen LogP contribution in [0.4, 0.5) is 0 Å². The average Bonchev–Trinajstić information content (AvgIpc) is 2.24. The summed E-state index contributed by atoms with van der Waals surface area (Å²) in [7, 11) is -4.13. The molecule has 0 spiro atoms. The predicted molar refractivity (Wildman–Crippen MR) is 60.9 cm³/mol. The van der Waals surface area contributed by atoms with Crippen molar-refractivity contribution >= 4 is 13.8 Å². The molecule has 0 aromatic heterocycles. The highest BCUT2D eigenvalue weighted by Gasteiger charge is 2.21. The van der Waals surface area contributed by atoms with E-state index in [0.717, 1.165) is 6.42 Å². The van der Waals surface area contributed by atoms with E-state index in [4.69, 9.17) is 4.89 Å². The highest BCUT2D eigenvalue weighted by atomic mass is 31.2. The van der Waals surface area contributed by atoms with Gasteiger partial charge >= 0.3 is 13.8 Å². The molecule has 1 unspecified atom stereocenters. The van der Waals surface area contributed by atoms with E-state index in [0.29, 0.717) is 6.54 Å². The standard InChI is InChI=1S/C9H18NO6P/c1-4-5-10-16-17(12,13)15-7-6-14-9(11)8(2)3/h10H,2,4-7H2,1,3H3,(H,12,13). The molecule has 0 aliphatic carbocycles. The molecule has 2 N–H and O–H groups in total. The van der Waals surface area contributed by atoms with Gasteiger partial charge in [0.15, 0.2) is 0 Å². The van der Waals surface area contributed by atoms with Gasteiger partial charge in [0.25, 0.3) is 0 Å². The molecule has 1 atom stereocenters. The molecule has 0 aromatic carbocycles. The largest absolute Gasteiger partial charge is 0.488 e. The number of nitrogens with one attached hydrogen (secondary N) is 1. The molecule has 8 heteroatoms. The first kappa shape index (κ1) is 16.3. The summed E-state index contributed by atoms with van der Waals surface area (Å²) in [6.45, 7) is 6.80. The van der Waals surface area contributed by atoms with Crippen molar-refractivity contribution in [3.05, 3.63) is 12.2 Å². The Labute approximate surface area is 100 Å². The number of phosphoric acid groups is 1. The molecule has 100 valence electrons. The molecule has 0 aliphatic heterocycles. The van der Waals surface area contributed by atoms with Gasteiger partial charge in [-0.2, -0.15) is 10.1 Å². The van der Waals surface area contributed by atoms with Crippen molar-refractivity contribution in [1.29, 1.82) is 0 Å². The Hall–Kier alpha value is -0.720. The number of esters is 1. The minimum Gasteiger partial charge on any atom is -0.460 e. The van der Waals surface area contributed by atoms with E-state index in [-0.39, 0.29) is 18.8 Å². The first-order valence-electron chi connectivity index (χ1n) is 5.10. The second kappa shape index (κ2) is 8.38. The maximum atomic E-state index is 11.2. The van der Waals surface area contributed by atoms with Crippen molar-refractivity contribution in [1.82, 2.24) is 5.48 Å². The van der Waals surface area contributed by atoms with Crippen LogP contribution in [0.5, 0.6) is 0 Å². The predicted octanol–water partition coefficient (Wildman–Crippen LogP) is 1.15. The van der Waals surface area contributed by atoms with Gasteiger partial charge in [-0.3, -0.25) is 4.52 Å². The SMILES string of the molecule is C=C(C)C(=O)OCCOP(=O)(O)ONCCC. The Bertz CT molecular complexity index is 306. The van der Waals surface area contributed by atoms with E-state index in [2.05, 4.69) is 25.9 Å². The summed E-state index contributed by atoms with van der Waals surface area (Å²) in [5.41, 5.74) is 2.53. The van der Waals surface area contributed by atoms with Crippen LogP contribution in [0.15, 0.2) is 12.2 Å². The molecule has 0 fully saturated rings. The van der Waals surface area contributed by atoms with Gasteiger partial charge in [-0.25, -0.2) is 9.36 Å². The number of hydroxylamine groups is 1. The highest BCUT2D eigenvalue weighted by molar-refractivity contribution is 7.47. The third kappa shape index (κ3) is 9.02. The molecule has 0 aromatic rings. The molecule has 0 saturated carbocycles. The number of rotatable bonds is 9. The third-order valence-corrected chi connectivity index (χ3v) is 2.32. The third-order valence-electron chi connectivity index (χ3n) is 1.45. The average molecular weight is 267 g/mol. The molecular weight excluding hydrogens is 249 g/mol. The van der Waals surface area contributed by atoms with E-state index < -0.39 is 13.8 Å². The van der Waals surface area contributed by atoms with E-state index >= 15 is 0 Å². The number of phosphoric ester groups is 1. The highest BCUT2D eigenvalue weighted by Crippen LogP contribution is 2.41. The van der Waals surface area contributed by atoms with Crippen molar-refractivity contribution < 1.29 is 28.1 Å². The van der Waals surface area contributed by atoms with Crippen molar-refractivity contribution in [2.45, 2.75) is 20.3 Å². The van der Waals surface area contributed by atoms with Gasteiger partial charge in [0.05, 0.1) is 6.61 Å². The van der Waals surface area contributed by atoms with Crippen LogP contribution in [0.3, 0.4) is 0 Å². The van der Waals surface area contributed by atoms with E-state index in [9.17, 15) is 9.36 Å². The lowest BCUT2D eigenvalue weighted by molar-refractivity contribution is -0.139. The Morgan fingerprint density at radius 3 is 2.65 bits per heavy atom. The fraction of sp³-hybridized carbons (Fsp3) is 0.667. The fourth-order valence-electron chi connectivity index (χ4n) is 0.666. The van der Waals surface area contributed by atoms with E-state index in [1.165, 1.54) is 6.92 Å². The summed E-state index contributed by atoms with van der Waals surface area (Å²) in [4.78, 5) is 20.0. The molecule has 7 nitrogen and oxygen atoms in total. The van der Waals surface area contributed by atoms with Gasteiger partial charge in [0.2, 0.25) is 0 Å². The zero-order valence-electron chi connectivity index (χ0n) is 9.97. The molecule has 0 radical (unpaired) electrons. The fourth-order valence-corrected chi connectivity index (χ4v) is 1.28. The Balaban J connectivity index is 3.69. The maximum Gasteiger partial charge on any atom is 0.488 e. The van der Waals surface area contributed by atoms with Gasteiger partial charge in [-0.15, -0.1) is 0 Å². The number of carbonyl (C=O) groups excluding carboxylic acids is 1. The lowest BCUT2D eigenvalue weighted by Gasteiger charge is -2.11. The summed E-state index contributed by atoms with van der Waals surface area (Å²) in [6, 6.07) is 0. The summed E-state index contributed by atoms with van der Waals surface area (Å²) in [5, 5.41) is 0. The lowest BCUT2D eigenvalue weighted by atomic mass is 10.4. The normalized spacial score (nSPS) is 14.1. The second-order valence-corrected chi connectivity index (χ2v) is 4.58. The number of carbonyl (C=O) groups is 1. The van der Waals surface area contributed by atoms with Crippen molar-refractivity contribution in [2.75, 3.05) is 19.8 Å². The van der Waals surface area contributed by atoms with Crippen LogP contribution in [0.1, 0.15) is 20.3 Å². The number of hydrogen-bond donors (Lipinski definition) is 2. The van der Waals surface area contributed by atoms with Crippen LogP contribution in [0.25, 0.3) is 0 Å². The van der Waals surface area contributed by atoms with Crippen LogP contribution >= 0.6 is 7.82 Å². The summed E-state index contributed by atoms with van der Waals surface area (Å²) in [5.74, 6) is -0.577. The van der Waals surface area contributed by atoms with E-state index in [1.54, 1.807) is 0 Å². The first-order chi connectivity index (χ1) is 7.89. The molecule has 0 rings (SSSR count). The Morgan fingerprint density at radius 2 is 2.12 bits per heavy atom. The number of hydrogen-bond acceptors (Lipinski definition) is 6. The second-order valence-electron chi connectivity index (χ2n) is 3.20. The van der Waals surface area contributed by atoms with Crippen LogP contribution in [0.2, 0.25) is 0 Å². The monoisotopic (exact) mass is 267 g/mol. The molecular formula is C9H18NO6P. The van der Waals surface area contributed by atoms with Gasteiger partial charge in [-0.1, -0.05) is 13.5 Å². The van der Waals surface area contributed by atoms with Crippen LogP contribution in [-0.4, -0.2) is 30.6 Å². The zero-order chi connectivity index (χ0) is 13.3. The van der Waals surface area contributed by atoms with Gasteiger partial charge in [0.1, 0.15) is 6.61 Å². The van der Waals surface area contributed by atoms with Crippen LogP contribution in [-0.2, 0) is 23.2 Å². The van der Waals surface area contributed by atoms with Gasteiger partial charge < -0.3 is 9.63 Å². The number of ether oxygens (including phenoxy) is 1. The summed E-state index contributed by atoms with van der Waals surface area (Å²) in [6.07, 6.45) is 0.746. The molecule has 0 bridgehead atoms. The quantitative estimate of drug-likeness (QED) is 0.213. The molecule has 0 amide bonds. The summed E-state index contributed by atoms with van der Waals surface area (Å²) >= 11 is 0. The molecule has 0 aliphatic rings. The minimum atomic E-state index is -4.13. The molecule has 0 saturated heterocycles. The van der Waals surface area contributed by atoms with E-state index in [1.807, 2.05) is 6.92 Å². The molecule has 17 heavy (non-hydrogen) atoms. The van der Waals surface area contributed by atoms with Gasteiger partial charge in [0, 0.05) is 12.1 Å². The van der Waals surface area contributed by atoms with Crippen molar-refractivity contribution in [3.8, 4) is 0 Å². The summed E-state index contributed by atoms with van der Waals surface area (Å²) < 4.78 is 24.7. The minimum absolute atomic E-state index is 0.145. The maximum absolute atomic E-state index is 11.2. The van der Waals surface area contributed by atoms with Crippen molar-refractivity contribution in [2.24, 2.45) is 0 Å². The van der Waals surface area contributed by atoms with Crippen molar-refractivity contribution in [3.63, 3.8) is 0 Å². The topological polar surface area (TPSA) is 94.1 Å². The first-order valence-corrected chi connectivity index (χ1v) is 6.60. The van der Waals surface area contributed by atoms with Crippen LogP contribution < -0.4 is 5.48 Å².